The summed E-state index contributed by atoms with van der Waals surface area (Å²) < 4.78 is 16.8. The molecule has 2 unspecified atom stereocenters. The molecule has 4 nitrogen and oxygen atoms in total. The van der Waals surface area contributed by atoms with Crippen molar-refractivity contribution in [2.75, 3.05) is 0 Å². The first kappa shape index (κ1) is 21.1. The lowest BCUT2D eigenvalue weighted by molar-refractivity contribution is -0.0708. The Kier molecular flexibility index (Phi) is 9.34. The van der Waals surface area contributed by atoms with E-state index in [0.717, 1.165) is 51.4 Å². The molecule has 0 rings (SSSR count). The Morgan fingerprint density at radius 2 is 1.48 bits per heavy atom. The lowest BCUT2D eigenvalue weighted by Crippen LogP contribution is -2.45. The maximum atomic E-state index is 11.4. The van der Waals surface area contributed by atoms with Gasteiger partial charge in [-0.1, -0.05) is 66.2 Å². The Hall–Kier alpha value is 0.110. The third-order valence-corrected chi connectivity index (χ3v) is 5.61. The summed E-state index contributed by atoms with van der Waals surface area (Å²) in [6.07, 6.45) is 8.97. The van der Waals surface area contributed by atoms with Gasteiger partial charge in [0.15, 0.2) is 0 Å². The van der Waals surface area contributed by atoms with E-state index in [2.05, 4.69) is 27.7 Å². The minimum absolute atomic E-state index is 0.212. The fourth-order valence-corrected chi connectivity index (χ4v) is 3.83. The van der Waals surface area contributed by atoms with Crippen molar-refractivity contribution in [1.82, 2.24) is 0 Å². The van der Waals surface area contributed by atoms with E-state index in [4.69, 9.17) is 4.52 Å². The molecule has 0 aromatic rings. The van der Waals surface area contributed by atoms with Crippen molar-refractivity contribution in [3.05, 3.63) is 0 Å². The van der Waals surface area contributed by atoms with Crippen LogP contribution in [0.4, 0.5) is 0 Å². The molecule has 0 saturated carbocycles. The largest absolute Gasteiger partial charge is 0.470 e. The summed E-state index contributed by atoms with van der Waals surface area (Å²) in [5, 5.41) is 0. The van der Waals surface area contributed by atoms with Gasteiger partial charge < -0.3 is 9.79 Å². The molecule has 2 atom stereocenters. The van der Waals surface area contributed by atoms with E-state index in [-0.39, 0.29) is 5.41 Å². The van der Waals surface area contributed by atoms with Crippen LogP contribution in [0.15, 0.2) is 0 Å². The van der Waals surface area contributed by atoms with Gasteiger partial charge in [0, 0.05) is 0 Å². The van der Waals surface area contributed by atoms with Crippen molar-refractivity contribution in [3.63, 3.8) is 0 Å². The number of unbranched alkanes of at least 4 members (excludes halogenated alkanes) is 4. The molecule has 0 aromatic carbocycles. The maximum Gasteiger partial charge on any atom is 0.470 e. The SMILES string of the molecule is CCCCCCC(C)(OP(=O)(O)O)C(C)(CC)CCCC. The summed E-state index contributed by atoms with van der Waals surface area (Å²) >= 11 is 0. The molecule has 0 radical (unpaired) electrons. The van der Waals surface area contributed by atoms with Crippen molar-refractivity contribution < 1.29 is 18.9 Å². The Morgan fingerprint density at radius 1 is 0.905 bits per heavy atom. The van der Waals surface area contributed by atoms with Gasteiger partial charge in [0.25, 0.3) is 0 Å². The van der Waals surface area contributed by atoms with Crippen molar-refractivity contribution in [2.24, 2.45) is 5.41 Å². The zero-order valence-electron chi connectivity index (χ0n) is 14.5. The summed E-state index contributed by atoms with van der Waals surface area (Å²) in [5.41, 5.74) is -0.986. The molecule has 0 bridgehead atoms. The molecular formula is C16H35O4P. The molecule has 0 aliphatic rings. The van der Waals surface area contributed by atoms with E-state index < -0.39 is 13.4 Å². The molecule has 0 spiro atoms. The van der Waals surface area contributed by atoms with Gasteiger partial charge in [-0.05, 0) is 31.6 Å². The third-order valence-electron chi connectivity index (χ3n) is 4.97. The second-order valence-corrected chi connectivity index (χ2v) is 7.80. The van der Waals surface area contributed by atoms with Crippen molar-refractivity contribution in [3.8, 4) is 0 Å². The molecule has 0 saturated heterocycles. The Morgan fingerprint density at radius 3 is 1.90 bits per heavy atom. The molecule has 5 heteroatoms. The monoisotopic (exact) mass is 322 g/mol. The molecule has 0 heterocycles. The Bertz CT molecular complexity index is 328. The topological polar surface area (TPSA) is 66.8 Å². The summed E-state index contributed by atoms with van der Waals surface area (Å²) in [4.78, 5) is 18.7. The standard InChI is InChI=1S/C16H35O4P/c1-6-9-11-12-14-16(5,20-21(17,18)19)15(4,8-3)13-10-7-2/h6-14H2,1-5H3,(H2,17,18,19). The minimum atomic E-state index is -4.48. The maximum absolute atomic E-state index is 11.4. The van der Waals surface area contributed by atoms with Crippen LogP contribution in [-0.4, -0.2) is 15.4 Å². The van der Waals surface area contributed by atoms with Gasteiger partial charge in [-0.3, -0.25) is 4.52 Å². The zero-order valence-corrected chi connectivity index (χ0v) is 15.4. The second kappa shape index (κ2) is 9.29. The van der Waals surface area contributed by atoms with E-state index in [1.165, 1.54) is 0 Å². The quantitative estimate of drug-likeness (QED) is 0.371. The summed E-state index contributed by atoms with van der Waals surface area (Å²) in [7, 11) is -4.48. The normalized spacial score (nSPS) is 18.2. The van der Waals surface area contributed by atoms with Gasteiger partial charge in [0.2, 0.25) is 0 Å². The van der Waals surface area contributed by atoms with Crippen molar-refractivity contribution in [1.29, 1.82) is 0 Å². The average Bonchev–Trinajstić information content (AvgIpc) is 2.39. The molecular weight excluding hydrogens is 287 g/mol. The molecule has 0 amide bonds. The predicted molar refractivity (Wildman–Crippen MR) is 88.2 cm³/mol. The van der Waals surface area contributed by atoms with Crippen LogP contribution in [0.3, 0.4) is 0 Å². The predicted octanol–water partition coefficient (Wildman–Crippen LogP) is 5.43. The highest BCUT2D eigenvalue weighted by Crippen LogP contribution is 2.53. The fraction of sp³-hybridized carbons (Fsp3) is 1.00. The minimum Gasteiger partial charge on any atom is -0.303 e. The lowest BCUT2D eigenvalue weighted by Gasteiger charge is -2.46. The van der Waals surface area contributed by atoms with Crippen LogP contribution in [-0.2, 0) is 9.09 Å². The van der Waals surface area contributed by atoms with E-state index >= 15 is 0 Å². The molecule has 0 aliphatic carbocycles. The number of phosphoric acid groups is 1. The van der Waals surface area contributed by atoms with Gasteiger partial charge in [0.1, 0.15) is 0 Å². The van der Waals surface area contributed by atoms with Gasteiger partial charge >= 0.3 is 7.82 Å². The van der Waals surface area contributed by atoms with Crippen LogP contribution in [0.1, 0.15) is 92.4 Å². The van der Waals surface area contributed by atoms with Crippen LogP contribution >= 0.6 is 7.82 Å². The number of phosphoric ester groups is 1. The number of hydrogen-bond donors (Lipinski definition) is 2. The average molecular weight is 322 g/mol. The molecule has 0 aliphatic heterocycles. The molecule has 128 valence electrons. The Labute approximate surface area is 130 Å². The second-order valence-electron chi connectivity index (χ2n) is 6.64. The summed E-state index contributed by atoms with van der Waals surface area (Å²) in [6, 6.07) is 0. The van der Waals surface area contributed by atoms with Crippen LogP contribution in [0.2, 0.25) is 0 Å². The third kappa shape index (κ3) is 7.27. The smallest absolute Gasteiger partial charge is 0.303 e. The Balaban J connectivity index is 5.10. The molecule has 2 N–H and O–H groups in total. The van der Waals surface area contributed by atoms with Crippen LogP contribution in [0, 0.1) is 5.41 Å². The number of hydrogen-bond acceptors (Lipinski definition) is 2. The van der Waals surface area contributed by atoms with E-state index in [0.29, 0.717) is 6.42 Å². The zero-order chi connectivity index (χ0) is 16.6. The summed E-state index contributed by atoms with van der Waals surface area (Å²) in [5.74, 6) is 0. The van der Waals surface area contributed by atoms with Crippen LogP contribution in [0.5, 0.6) is 0 Å². The molecule has 21 heavy (non-hydrogen) atoms. The van der Waals surface area contributed by atoms with Crippen LogP contribution < -0.4 is 0 Å². The highest BCUT2D eigenvalue weighted by Gasteiger charge is 2.47. The highest BCUT2D eigenvalue weighted by molar-refractivity contribution is 7.46. The molecule has 0 aromatic heterocycles. The van der Waals surface area contributed by atoms with E-state index in [1.54, 1.807) is 0 Å². The highest BCUT2D eigenvalue weighted by atomic mass is 31.2. The summed E-state index contributed by atoms with van der Waals surface area (Å²) in [6.45, 7) is 10.4. The van der Waals surface area contributed by atoms with Gasteiger partial charge in [-0.2, -0.15) is 0 Å². The number of rotatable bonds is 12. The molecule has 0 fully saturated rings. The lowest BCUT2D eigenvalue weighted by atomic mass is 9.67. The van der Waals surface area contributed by atoms with Crippen molar-refractivity contribution in [2.45, 2.75) is 98.0 Å². The first-order valence-electron chi connectivity index (χ1n) is 8.40. The van der Waals surface area contributed by atoms with E-state index in [9.17, 15) is 14.4 Å². The van der Waals surface area contributed by atoms with Gasteiger partial charge in [-0.25, -0.2) is 4.57 Å². The van der Waals surface area contributed by atoms with Crippen molar-refractivity contribution >= 4 is 7.82 Å². The fourth-order valence-electron chi connectivity index (χ4n) is 2.99. The first-order chi connectivity index (χ1) is 9.64. The van der Waals surface area contributed by atoms with Gasteiger partial charge in [0.05, 0.1) is 5.60 Å². The van der Waals surface area contributed by atoms with Gasteiger partial charge in [-0.15, -0.1) is 0 Å². The van der Waals surface area contributed by atoms with E-state index in [1.807, 2.05) is 6.92 Å². The van der Waals surface area contributed by atoms with Crippen LogP contribution in [0.25, 0.3) is 0 Å². The first-order valence-corrected chi connectivity index (χ1v) is 9.93.